The van der Waals surface area contributed by atoms with E-state index >= 15 is 0 Å². The van der Waals surface area contributed by atoms with E-state index in [1.165, 1.54) is 7.11 Å². The number of carbonyl (C=O) groups excluding carboxylic acids is 3. The van der Waals surface area contributed by atoms with E-state index in [0.717, 1.165) is 5.56 Å². The van der Waals surface area contributed by atoms with Gasteiger partial charge in [-0.25, -0.2) is 14.6 Å². The highest BCUT2D eigenvalue weighted by Crippen LogP contribution is 2.28. The summed E-state index contributed by atoms with van der Waals surface area (Å²) in [5.41, 5.74) is 0.406. The highest BCUT2D eigenvalue weighted by atomic mass is 16.6. The van der Waals surface area contributed by atoms with E-state index in [0.29, 0.717) is 24.6 Å². The summed E-state index contributed by atoms with van der Waals surface area (Å²) in [5, 5.41) is 2.80. The number of methoxy groups -OCH3 is 1. The van der Waals surface area contributed by atoms with Crippen LogP contribution in [-0.4, -0.2) is 57.7 Å². The highest BCUT2D eigenvalue weighted by molar-refractivity contribution is 5.97. The molecule has 1 aliphatic rings. The standard InChI is InChI=1S/C25H34N4O5/c1-24(2,3)19(22(31)33-7)27-21(30)18-17-15-28(23(32)34-25(4,5)6)13-14-29(17)20(26-18)16-11-9-8-10-12-16/h8-12,19H,13-15H2,1-7H3,(H,27,30)/t19-/m1/s1. The Morgan fingerprint density at radius 3 is 2.24 bits per heavy atom. The van der Waals surface area contributed by atoms with Crippen LogP contribution in [0.3, 0.4) is 0 Å². The van der Waals surface area contributed by atoms with Crippen LogP contribution < -0.4 is 5.32 Å². The Hall–Kier alpha value is -3.36. The van der Waals surface area contributed by atoms with Gasteiger partial charge in [-0.1, -0.05) is 51.1 Å². The zero-order chi connectivity index (χ0) is 25.3. The third-order valence-corrected chi connectivity index (χ3v) is 5.48. The van der Waals surface area contributed by atoms with Crippen LogP contribution in [0.5, 0.6) is 0 Å². The van der Waals surface area contributed by atoms with Gasteiger partial charge in [0.2, 0.25) is 0 Å². The monoisotopic (exact) mass is 470 g/mol. The highest BCUT2D eigenvalue weighted by Gasteiger charge is 2.37. The van der Waals surface area contributed by atoms with Crippen molar-refractivity contribution in [2.45, 2.75) is 66.3 Å². The first kappa shape index (κ1) is 25.3. The molecule has 1 aromatic carbocycles. The van der Waals surface area contributed by atoms with Crippen LogP contribution in [0.2, 0.25) is 0 Å². The number of hydrogen-bond acceptors (Lipinski definition) is 6. The van der Waals surface area contributed by atoms with Crippen LogP contribution >= 0.6 is 0 Å². The Morgan fingerprint density at radius 2 is 1.68 bits per heavy atom. The van der Waals surface area contributed by atoms with E-state index in [9.17, 15) is 14.4 Å². The predicted molar refractivity (Wildman–Crippen MR) is 127 cm³/mol. The second-order valence-corrected chi connectivity index (χ2v) is 10.4. The van der Waals surface area contributed by atoms with Crippen molar-refractivity contribution in [1.82, 2.24) is 19.8 Å². The molecule has 0 fully saturated rings. The first-order chi connectivity index (χ1) is 15.8. The van der Waals surface area contributed by atoms with Crippen molar-refractivity contribution in [2.24, 2.45) is 5.41 Å². The van der Waals surface area contributed by atoms with Crippen LogP contribution in [0.25, 0.3) is 11.4 Å². The third-order valence-electron chi connectivity index (χ3n) is 5.48. The molecule has 0 saturated carbocycles. The number of fused-ring (bicyclic) bond motifs is 1. The van der Waals surface area contributed by atoms with Gasteiger partial charge in [0.1, 0.15) is 17.5 Å². The van der Waals surface area contributed by atoms with Crippen molar-refractivity contribution < 1.29 is 23.9 Å². The number of nitrogens with one attached hydrogen (secondary N) is 1. The molecule has 1 N–H and O–H groups in total. The fraction of sp³-hybridized carbons (Fsp3) is 0.520. The van der Waals surface area contributed by atoms with Gasteiger partial charge in [0.05, 0.1) is 19.3 Å². The topological polar surface area (TPSA) is 103 Å². The second-order valence-electron chi connectivity index (χ2n) is 10.4. The summed E-state index contributed by atoms with van der Waals surface area (Å²) in [7, 11) is 1.29. The lowest BCUT2D eigenvalue weighted by atomic mass is 9.86. The molecular formula is C25H34N4O5. The fourth-order valence-corrected chi connectivity index (χ4v) is 3.79. The SMILES string of the molecule is COC(=O)[C@@H](NC(=O)c1nc(-c2ccccc2)n2c1CN(C(=O)OC(C)(C)C)CC2)C(C)(C)C. The maximum atomic E-state index is 13.4. The summed E-state index contributed by atoms with van der Waals surface area (Å²) >= 11 is 0. The van der Waals surface area contributed by atoms with Gasteiger partial charge >= 0.3 is 12.1 Å². The molecule has 2 heterocycles. The number of hydrogen-bond donors (Lipinski definition) is 1. The lowest BCUT2D eigenvalue weighted by Gasteiger charge is -2.32. The molecule has 2 aromatic rings. The molecule has 184 valence electrons. The molecule has 0 aliphatic carbocycles. The van der Waals surface area contributed by atoms with Crippen LogP contribution in [-0.2, 0) is 27.4 Å². The van der Waals surface area contributed by atoms with E-state index in [4.69, 9.17) is 9.47 Å². The number of ether oxygens (including phenoxy) is 2. The van der Waals surface area contributed by atoms with Crippen LogP contribution in [0.4, 0.5) is 4.79 Å². The van der Waals surface area contributed by atoms with Gasteiger partial charge in [-0.05, 0) is 26.2 Å². The smallest absolute Gasteiger partial charge is 0.410 e. The summed E-state index contributed by atoms with van der Waals surface area (Å²) in [6.45, 7) is 12.0. The molecule has 34 heavy (non-hydrogen) atoms. The number of aromatic nitrogens is 2. The van der Waals surface area contributed by atoms with Crippen molar-refractivity contribution in [3.8, 4) is 11.4 Å². The Balaban J connectivity index is 2.00. The molecule has 2 amide bonds. The van der Waals surface area contributed by atoms with E-state index in [2.05, 4.69) is 10.3 Å². The second kappa shape index (κ2) is 9.48. The van der Waals surface area contributed by atoms with Crippen molar-refractivity contribution in [1.29, 1.82) is 0 Å². The Morgan fingerprint density at radius 1 is 1.03 bits per heavy atom. The van der Waals surface area contributed by atoms with Crippen molar-refractivity contribution >= 4 is 18.0 Å². The summed E-state index contributed by atoms with van der Waals surface area (Å²) in [4.78, 5) is 44.8. The van der Waals surface area contributed by atoms with E-state index in [1.807, 2.05) is 76.4 Å². The molecule has 0 saturated heterocycles. The average Bonchev–Trinajstić information content (AvgIpc) is 3.14. The van der Waals surface area contributed by atoms with Gasteiger partial charge in [0.15, 0.2) is 5.69 Å². The molecule has 3 rings (SSSR count). The fourth-order valence-electron chi connectivity index (χ4n) is 3.79. The van der Waals surface area contributed by atoms with Gasteiger partial charge in [-0.3, -0.25) is 4.79 Å². The number of amides is 2. The minimum Gasteiger partial charge on any atom is -0.467 e. The summed E-state index contributed by atoms with van der Waals surface area (Å²) in [5.74, 6) is -0.398. The van der Waals surface area contributed by atoms with E-state index < -0.39 is 35.0 Å². The Kier molecular flexibility index (Phi) is 7.05. The number of nitrogens with zero attached hydrogens (tertiary/aromatic N) is 3. The zero-order valence-electron chi connectivity index (χ0n) is 21.0. The van der Waals surface area contributed by atoms with Crippen LogP contribution in [0.15, 0.2) is 30.3 Å². The quantitative estimate of drug-likeness (QED) is 0.685. The number of esters is 1. The number of rotatable bonds is 4. The number of benzene rings is 1. The third kappa shape index (κ3) is 5.58. The molecule has 0 spiro atoms. The summed E-state index contributed by atoms with van der Waals surface area (Å²) in [6.07, 6.45) is -0.449. The Bertz CT molecular complexity index is 1060. The lowest BCUT2D eigenvalue weighted by molar-refractivity contribution is -0.145. The van der Waals surface area contributed by atoms with Gasteiger partial charge in [0, 0.05) is 18.7 Å². The molecule has 0 bridgehead atoms. The molecule has 9 nitrogen and oxygen atoms in total. The van der Waals surface area contributed by atoms with Gasteiger partial charge in [-0.2, -0.15) is 0 Å². The molecule has 1 atom stereocenters. The molecule has 1 aromatic heterocycles. The maximum Gasteiger partial charge on any atom is 0.410 e. The van der Waals surface area contributed by atoms with Crippen LogP contribution in [0.1, 0.15) is 57.7 Å². The average molecular weight is 471 g/mol. The van der Waals surface area contributed by atoms with Crippen molar-refractivity contribution in [3.63, 3.8) is 0 Å². The molecular weight excluding hydrogens is 436 g/mol. The minimum absolute atomic E-state index is 0.163. The van der Waals surface area contributed by atoms with E-state index in [-0.39, 0.29) is 12.2 Å². The number of imidazole rings is 1. The first-order valence-electron chi connectivity index (χ1n) is 11.3. The van der Waals surface area contributed by atoms with Crippen molar-refractivity contribution in [2.75, 3.05) is 13.7 Å². The predicted octanol–water partition coefficient (Wildman–Crippen LogP) is 3.62. The summed E-state index contributed by atoms with van der Waals surface area (Å²) < 4.78 is 12.4. The van der Waals surface area contributed by atoms with Gasteiger partial charge < -0.3 is 24.3 Å². The lowest BCUT2D eigenvalue weighted by Crippen LogP contribution is -2.50. The first-order valence-corrected chi connectivity index (χ1v) is 11.3. The van der Waals surface area contributed by atoms with E-state index in [1.54, 1.807) is 4.90 Å². The molecule has 9 heteroatoms. The molecule has 1 aliphatic heterocycles. The largest absolute Gasteiger partial charge is 0.467 e. The number of carbonyl (C=O) groups is 3. The molecule has 0 radical (unpaired) electrons. The Labute approximate surface area is 200 Å². The van der Waals surface area contributed by atoms with Gasteiger partial charge in [0.25, 0.3) is 5.91 Å². The molecule has 0 unspecified atom stereocenters. The summed E-state index contributed by atoms with van der Waals surface area (Å²) in [6, 6.07) is 8.69. The van der Waals surface area contributed by atoms with Crippen molar-refractivity contribution in [3.05, 3.63) is 41.7 Å². The van der Waals surface area contributed by atoms with Crippen LogP contribution in [0, 0.1) is 5.41 Å². The van der Waals surface area contributed by atoms with Gasteiger partial charge in [-0.15, -0.1) is 0 Å². The zero-order valence-corrected chi connectivity index (χ0v) is 21.0. The maximum absolute atomic E-state index is 13.4. The minimum atomic E-state index is -0.868. The normalized spacial score (nSPS) is 14.7.